The number of methoxy groups -OCH3 is 1. The zero-order chi connectivity index (χ0) is 19.9. The first kappa shape index (κ1) is 19.5. The number of hydrogen-bond acceptors (Lipinski definition) is 4. The van der Waals surface area contributed by atoms with Gasteiger partial charge in [-0.2, -0.15) is 0 Å². The second-order valence-corrected chi connectivity index (χ2v) is 6.68. The molecule has 6 nitrogen and oxygen atoms in total. The highest BCUT2D eigenvalue weighted by Gasteiger charge is 2.14. The van der Waals surface area contributed by atoms with Crippen LogP contribution < -0.4 is 20.7 Å². The first-order valence-electron chi connectivity index (χ1n) is 9.35. The van der Waals surface area contributed by atoms with Gasteiger partial charge in [0.2, 0.25) is 0 Å². The minimum Gasteiger partial charge on any atom is -0.496 e. The monoisotopic (exact) mass is 378 g/mol. The van der Waals surface area contributed by atoms with E-state index >= 15 is 0 Å². The minimum atomic E-state index is -0.218. The number of carbonyl (C=O) groups excluding carboxylic acids is 1. The van der Waals surface area contributed by atoms with Crippen molar-refractivity contribution in [2.75, 3.05) is 25.5 Å². The molecular formula is C22H26N4O2. The molecule has 3 aromatic rings. The van der Waals surface area contributed by atoms with Crippen LogP contribution >= 0.6 is 0 Å². The number of urea groups is 1. The number of hydrogen-bond donors (Lipinski definition) is 3. The molecule has 2 amide bonds. The Labute approximate surface area is 165 Å². The third kappa shape index (κ3) is 4.91. The number of rotatable bonds is 7. The molecule has 1 atom stereocenters. The molecular weight excluding hydrogens is 352 g/mol. The van der Waals surface area contributed by atoms with Crippen LogP contribution in [0.15, 0.2) is 54.6 Å². The molecule has 0 bridgehead atoms. The highest BCUT2D eigenvalue weighted by molar-refractivity contribution is 5.80. The lowest BCUT2D eigenvalue weighted by atomic mass is 10.0. The van der Waals surface area contributed by atoms with Crippen molar-refractivity contribution in [3.05, 3.63) is 65.7 Å². The van der Waals surface area contributed by atoms with Gasteiger partial charge in [-0.1, -0.05) is 35.9 Å². The first-order valence-corrected chi connectivity index (χ1v) is 9.35. The summed E-state index contributed by atoms with van der Waals surface area (Å²) < 4.78 is 5.39. The van der Waals surface area contributed by atoms with Crippen LogP contribution in [0.1, 0.15) is 24.1 Å². The Morgan fingerprint density at radius 2 is 1.93 bits per heavy atom. The second-order valence-electron chi connectivity index (χ2n) is 6.68. The van der Waals surface area contributed by atoms with Crippen molar-refractivity contribution in [3.8, 4) is 5.75 Å². The highest BCUT2D eigenvalue weighted by Crippen LogP contribution is 2.25. The number of ether oxygens (including phenoxy) is 1. The van der Waals surface area contributed by atoms with E-state index in [1.165, 1.54) is 0 Å². The molecule has 1 aromatic heterocycles. The average Bonchev–Trinajstić information content (AvgIpc) is 2.71. The van der Waals surface area contributed by atoms with Crippen LogP contribution in [-0.4, -0.2) is 31.2 Å². The highest BCUT2D eigenvalue weighted by atomic mass is 16.5. The summed E-state index contributed by atoms with van der Waals surface area (Å²) in [6, 6.07) is 17.5. The zero-order valence-electron chi connectivity index (χ0n) is 16.5. The van der Waals surface area contributed by atoms with Gasteiger partial charge in [-0.05, 0) is 38.1 Å². The van der Waals surface area contributed by atoms with Gasteiger partial charge in [0, 0.05) is 24.0 Å². The third-order valence-corrected chi connectivity index (χ3v) is 4.51. The van der Waals surface area contributed by atoms with Gasteiger partial charge >= 0.3 is 6.03 Å². The predicted octanol–water partition coefficient (Wildman–Crippen LogP) is 4.02. The van der Waals surface area contributed by atoms with Crippen molar-refractivity contribution in [3.63, 3.8) is 0 Å². The summed E-state index contributed by atoms with van der Waals surface area (Å²) in [5, 5.41) is 10.1. The molecule has 3 rings (SSSR count). The lowest BCUT2D eigenvalue weighted by molar-refractivity contribution is 0.238. The van der Waals surface area contributed by atoms with Crippen molar-refractivity contribution in [2.45, 2.75) is 19.9 Å². The van der Waals surface area contributed by atoms with E-state index < -0.39 is 0 Å². The third-order valence-electron chi connectivity index (χ3n) is 4.51. The van der Waals surface area contributed by atoms with Gasteiger partial charge in [0.15, 0.2) is 0 Å². The molecule has 1 heterocycles. The zero-order valence-corrected chi connectivity index (χ0v) is 16.5. The topological polar surface area (TPSA) is 75.3 Å². The second kappa shape index (κ2) is 9.08. The number of aromatic nitrogens is 1. The van der Waals surface area contributed by atoms with Gasteiger partial charge in [0.25, 0.3) is 0 Å². The van der Waals surface area contributed by atoms with E-state index in [-0.39, 0.29) is 12.1 Å². The van der Waals surface area contributed by atoms with Gasteiger partial charge < -0.3 is 20.7 Å². The summed E-state index contributed by atoms with van der Waals surface area (Å²) in [6.07, 6.45) is 0. The maximum atomic E-state index is 12.2. The van der Waals surface area contributed by atoms with Crippen LogP contribution in [0.3, 0.4) is 0 Å². The molecule has 0 saturated carbocycles. The summed E-state index contributed by atoms with van der Waals surface area (Å²) >= 11 is 0. The Balaban J connectivity index is 1.47. The molecule has 0 saturated heterocycles. The molecule has 0 aliphatic heterocycles. The fourth-order valence-corrected chi connectivity index (χ4v) is 3.05. The van der Waals surface area contributed by atoms with Crippen LogP contribution in [0.5, 0.6) is 5.75 Å². The number of fused-ring (bicyclic) bond motifs is 1. The van der Waals surface area contributed by atoms with Gasteiger partial charge in [-0.3, -0.25) is 0 Å². The normalized spacial score (nSPS) is 11.7. The number of amides is 2. The standard InChI is InChI=1S/C22H26N4O2/c1-15-8-10-20(28-3)18(14-15)16(2)25-22(27)24-13-12-23-21-11-9-17-6-4-5-7-19(17)26-21/h4-11,14,16H,12-13H2,1-3H3,(H,23,26)(H2,24,25,27). The van der Waals surface area contributed by atoms with Gasteiger partial charge in [0.05, 0.1) is 18.7 Å². The number of aryl methyl sites for hydroxylation is 1. The number of anilines is 1. The van der Waals surface area contributed by atoms with E-state index in [1.54, 1.807) is 7.11 Å². The van der Waals surface area contributed by atoms with Crippen molar-refractivity contribution < 1.29 is 9.53 Å². The van der Waals surface area contributed by atoms with E-state index in [2.05, 4.69) is 20.9 Å². The SMILES string of the molecule is COc1ccc(C)cc1C(C)NC(=O)NCCNc1ccc2ccccc2n1. The maximum absolute atomic E-state index is 12.2. The van der Waals surface area contributed by atoms with E-state index in [0.717, 1.165) is 33.6 Å². The Kier molecular flexibility index (Phi) is 6.32. The lowest BCUT2D eigenvalue weighted by Gasteiger charge is -2.18. The largest absolute Gasteiger partial charge is 0.496 e. The predicted molar refractivity (Wildman–Crippen MR) is 113 cm³/mol. The molecule has 6 heteroatoms. The van der Waals surface area contributed by atoms with Crippen LogP contribution in [-0.2, 0) is 0 Å². The van der Waals surface area contributed by atoms with Crippen molar-refractivity contribution >= 4 is 22.8 Å². The van der Waals surface area contributed by atoms with E-state index in [4.69, 9.17) is 4.74 Å². The van der Waals surface area contributed by atoms with E-state index in [0.29, 0.717) is 13.1 Å². The van der Waals surface area contributed by atoms with Gasteiger partial charge in [0.1, 0.15) is 11.6 Å². The summed E-state index contributed by atoms with van der Waals surface area (Å²) in [5.74, 6) is 1.56. The lowest BCUT2D eigenvalue weighted by Crippen LogP contribution is -2.39. The smallest absolute Gasteiger partial charge is 0.315 e. The fraction of sp³-hybridized carbons (Fsp3) is 0.273. The molecule has 0 spiro atoms. The molecule has 146 valence electrons. The molecule has 2 aromatic carbocycles. The van der Waals surface area contributed by atoms with Crippen LogP contribution in [0.25, 0.3) is 10.9 Å². The summed E-state index contributed by atoms with van der Waals surface area (Å²) in [5.41, 5.74) is 3.02. The van der Waals surface area contributed by atoms with Gasteiger partial charge in [-0.25, -0.2) is 9.78 Å². The Morgan fingerprint density at radius 3 is 2.75 bits per heavy atom. The maximum Gasteiger partial charge on any atom is 0.315 e. The number of para-hydroxylation sites is 1. The number of nitrogens with zero attached hydrogens (tertiary/aromatic N) is 1. The molecule has 0 fully saturated rings. The van der Waals surface area contributed by atoms with Crippen molar-refractivity contribution in [2.24, 2.45) is 0 Å². The molecule has 0 radical (unpaired) electrons. The number of carbonyl (C=O) groups is 1. The van der Waals surface area contributed by atoms with Gasteiger partial charge in [-0.15, -0.1) is 0 Å². The molecule has 1 unspecified atom stereocenters. The molecule has 28 heavy (non-hydrogen) atoms. The number of pyridine rings is 1. The Hall–Kier alpha value is -3.28. The number of benzene rings is 2. The van der Waals surface area contributed by atoms with E-state index in [1.807, 2.05) is 68.4 Å². The first-order chi connectivity index (χ1) is 13.6. The van der Waals surface area contributed by atoms with Crippen LogP contribution in [0.4, 0.5) is 10.6 Å². The summed E-state index contributed by atoms with van der Waals surface area (Å²) in [7, 11) is 1.63. The fourth-order valence-electron chi connectivity index (χ4n) is 3.05. The Bertz CT molecular complexity index is 958. The molecule has 0 aliphatic rings. The molecule has 0 aliphatic carbocycles. The van der Waals surface area contributed by atoms with Crippen LogP contribution in [0.2, 0.25) is 0 Å². The number of nitrogens with one attached hydrogen (secondary N) is 3. The summed E-state index contributed by atoms with van der Waals surface area (Å²) in [4.78, 5) is 16.7. The van der Waals surface area contributed by atoms with Crippen molar-refractivity contribution in [1.29, 1.82) is 0 Å². The quantitative estimate of drug-likeness (QED) is 0.543. The molecule has 3 N–H and O–H groups in total. The van der Waals surface area contributed by atoms with E-state index in [9.17, 15) is 4.79 Å². The minimum absolute atomic E-state index is 0.162. The van der Waals surface area contributed by atoms with Crippen LogP contribution in [0, 0.1) is 6.92 Å². The van der Waals surface area contributed by atoms with Crippen molar-refractivity contribution in [1.82, 2.24) is 15.6 Å². The summed E-state index contributed by atoms with van der Waals surface area (Å²) in [6.45, 7) is 5.02. The average molecular weight is 378 g/mol. The Morgan fingerprint density at radius 1 is 1.11 bits per heavy atom.